The quantitative estimate of drug-likeness (QED) is 0.601. The van der Waals surface area contributed by atoms with Gasteiger partial charge in [0, 0.05) is 25.2 Å². The van der Waals surface area contributed by atoms with Crippen molar-refractivity contribution in [3.05, 3.63) is 0 Å². The summed E-state index contributed by atoms with van der Waals surface area (Å²) in [5, 5.41) is 0. The number of piperidine rings is 2. The molecule has 0 aromatic rings. The molecule has 2 bridgehead atoms. The van der Waals surface area contributed by atoms with Crippen LogP contribution >= 0.6 is 0 Å². The minimum absolute atomic E-state index is 0.532. The van der Waals surface area contributed by atoms with E-state index in [1.54, 1.807) is 0 Å². The Morgan fingerprint density at radius 1 is 1.27 bits per heavy atom. The van der Waals surface area contributed by atoms with E-state index in [1.807, 2.05) is 0 Å². The van der Waals surface area contributed by atoms with Crippen molar-refractivity contribution >= 4 is 0 Å². The number of fused-ring (bicyclic) bond motifs is 2. The molecule has 3 aliphatic rings. The highest BCUT2D eigenvalue weighted by molar-refractivity contribution is 5.00. The molecule has 2 nitrogen and oxygen atoms in total. The van der Waals surface area contributed by atoms with Crippen LogP contribution in [-0.2, 0) is 0 Å². The monoisotopic (exact) mass is 154 g/mol. The Balaban J connectivity index is 1.94. The van der Waals surface area contributed by atoms with Gasteiger partial charge >= 0.3 is 0 Å². The zero-order valence-corrected chi connectivity index (χ0v) is 7.46. The van der Waals surface area contributed by atoms with Gasteiger partial charge in [-0.2, -0.15) is 0 Å². The third kappa shape index (κ3) is 1.09. The van der Waals surface area contributed by atoms with E-state index >= 15 is 0 Å². The number of nitrogens with two attached hydrogens (primary N) is 1. The van der Waals surface area contributed by atoms with Crippen molar-refractivity contribution in [3.63, 3.8) is 0 Å². The molecule has 3 fully saturated rings. The van der Waals surface area contributed by atoms with Crippen LogP contribution in [0.4, 0.5) is 0 Å². The summed E-state index contributed by atoms with van der Waals surface area (Å²) in [4.78, 5) is 2.56. The third-order valence-corrected chi connectivity index (χ3v) is 3.36. The van der Waals surface area contributed by atoms with Gasteiger partial charge in [0.05, 0.1) is 0 Å². The fourth-order valence-corrected chi connectivity index (χ4v) is 2.38. The van der Waals surface area contributed by atoms with Crippen LogP contribution in [0.5, 0.6) is 0 Å². The minimum Gasteiger partial charge on any atom is -0.327 e. The molecule has 0 amide bonds. The van der Waals surface area contributed by atoms with E-state index in [-0.39, 0.29) is 0 Å². The summed E-state index contributed by atoms with van der Waals surface area (Å²) >= 11 is 0. The first-order valence-electron chi connectivity index (χ1n) is 4.68. The SMILES string of the molecule is CC(C)N1C[C@H]2C[C@H](C1)C2N. The second-order valence-corrected chi connectivity index (χ2v) is 4.38. The molecular formula is C9H18N2. The second-order valence-electron chi connectivity index (χ2n) is 4.38. The molecule has 2 heterocycles. The van der Waals surface area contributed by atoms with Gasteiger partial charge in [0.15, 0.2) is 0 Å². The molecule has 0 unspecified atom stereocenters. The highest BCUT2D eigenvalue weighted by atomic mass is 15.2. The Kier molecular flexibility index (Phi) is 1.69. The topological polar surface area (TPSA) is 29.3 Å². The van der Waals surface area contributed by atoms with Gasteiger partial charge in [-0.25, -0.2) is 0 Å². The number of rotatable bonds is 1. The van der Waals surface area contributed by atoms with Crippen LogP contribution in [0.3, 0.4) is 0 Å². The maximum atomic E-state index is 5.96. The van der Waals surface area contributed by atoms with Gasteiger partial charge in [-0.1, -0.05) is 0 Å². The van der Waals surface area contributed by atoms with Crippen LogP contribution < -0.4 is 5.73 Å². The number of hydrogen-bond donors (Lipinski definition) is 1. The van der Waals surface area contributed by atoms with E-state index in [1.165, 1.54) is 19.5 Å². The Morgan fingerprint density at radius 2 is 1.82 bits per heavy atom. The molecule has 2 N–H and O–H groups in total. The van der Waals surface area contributed by atoms with Crippen molar-refractivity contribution in [2.45, 2.75) is 32.4 Å². The fraction of sp³-hybridized carbons (Fsp3) is 1.00. The lowest BCUT2D eigenvalue weighted by atomic mass is 9.66. The normalized spacial score (nSPS) is 44.2. The molecule has 0 spiro atoms. The van der Waals surface area contributed by atoms with Crippen molar-refractivity contribution in [2.75, 3.05) is 13.1 Å². The van der Waals surface area contributed by atoms with Gasteiger partial charge in [0.25, 0.3) is 0 Å². The summed E-state index contributed by atoms with van der Waals surface area (Å²) in [6.07, 6.45) is 1.39. The minimum atomic E-state index is 0.532. The van der Waals surface area contributed by atoms with E-state index in [0.717, 1.165) is 11.8 Å². The molecule has 11 heavy (non-hydrogen) atoms. The zero-order chi connectivity index (χ0) is 8.01. The Morgan fingerprint density at radius 3 is 2.18 bits per heavy atom. The summed E-state index contributed by atoms with van der Waals surface area (Å²) in [6.45, 7) is 7.04. The van der Waals surface area contributed by atoms with E-state index in [4.69, 9.17) is 5.73 Å². The molecule has 0 radical (unpaired) electrons. The molecule has 0 aromatic carbocycles. The first-order valence-corrected chi connectivity index (χ1v) is 4.68. The van der Waals surface area contributed by atoms with Crippen LogP contribution in [0.15, 0.2) is 0 Å². The molecule has 1 aliphatic carbocycles. The third-order valence-electron chi connectivity index (χ3n) is 3.36. The standard InChI is InChI=1S/C9H18N2/c1-6(2)11-4-7-3-8(5-11)9(7)10/h6-9H,3-5,10H2,1-2H3/t7-,8-/m1/s1. The summed E-state index contributed by atoms with van der Waals surface area (Å²) in [5.41, 5.74) is 5.96. The summed E-state index contributed by atoms with van der Waals surface area (Å²) in [6, 6.07) is 1.25. The summed E-state index contributed by atoms with van der Waals surface area (Å²) < 4.78 is 0. The predicted octanol–water partition coefficient (Wildman–Crippen LogP) is 0.674. The van der Waals surface area contributed by atoms with Crippen LogP contribution in [0.25, 0.3) is 0 Å². The van der Waals surface area contributed by atoms with Gasteiger partial charge in [-0.05, 0) is 32.1 Å². The van der Waals surface area contributed by atoms with Crippen LogP contribution in [0, 0.1) is 11.8 Å². The lowest BCUT2D eigenvalue weighted by Gasteiger charge is -2.53. The maximum Gasteiger partial charge on any atom is 0.0120 e. The van der Waals surface area contributed by atoms with Gasteiger partial charge < -0.3 is 10.6 Å². The number of hydrogen-bond acceptors (Lipinski definition) is 2. The van der Waals surface area contributed by atoms with Gasteiger partial charge in [0.2, 0.25) is 0 Å². The van der Waals surface area contributed by atoms with E-state index in [0.29, 0.717) is 12.1 Å². The molecule has 2 saturated heterocycles. The first-order chi connectivity index (χ1) is 5.18. The molecule has 2 heteroatoms. The highest BCUT2D eigenvalue weighted by Gasteiger charge is 2.44. The highest BCUT2D eigenvalue weighted by Crippen LogP contribution is 2.38. The molecule has 2 atom stereocenters. The van der Waals surface area contributed by atoms with Gasteiger partial charge in [-0.15, -0.1) is 0 Å². The summed E-state index contributed by atoms with van der Waals surface area (Å²) in [5.74, 6) is 1.63. The average molecular weight is 154 g/mol. The lowest BCUT2D eigenvalue weighted by molar-refractivity contribution is -0.0124. The van der Waals surface area contributed by atoms with Crippen LogP contribution in [0.2, 0.25) is 0 Å². The second kappa shape index (κ2) is 2.46. The molecule has 2 aliphatic heterocycles. The van der Waals surface area contributed by atoms with Crippen molar-refractivity contribution in [2.24, 2.45) is 17.6 Å². The van der Waals surface area contributed by atoms with E-state index < -0.39 is 0 Å². The van der Waals surface area contributed by atoms with Crippen LogP contribution in [0.1, 0.15) is 20.3 Å². The smallest absolute Gasteiger partial charge is 0.0120 e. The Bertz CT molecular complexity index is 144. The largest absolute Gasteiger partial charge is 0.327 e. The Hall–Kier alpha value is -0.0800. The zero-order valence-electron chi connectivity index (χ0n) is 7.46. The Labute approximate surface area is 68.7 Å². The van der Waals surface area contributed by atoms with Gasteiger partial charge in [-0.3, -0.25) is 0 Å². The molecule has 0 aromatic heterocycles. The molecule has 1 saturated carbocycles. The summed E-state index contributed by atoms with van der Waals surface area (Å²) in [7, 11) is 0. The first kappa shape index (κ1) is 7.56. The van der Waals surface area contributed by atoms with Crippen molar-refractivity contribution < 1.29 is 0 Å². The van der Waals surface area contributed by atoms with Crippen molar-refractivity contribution in [3.8, 4) is 0 Å². The van der Waals surface area contributed by atoms with E-state index in [9.17, 15) is 0 Å². The molecule has 3 rings (SSSR count). The van der Waals surface area contributed by atoms with Crippen molar-refractivity contribution in [1.82, 2.24) is 4.90 Å². The van der Waals surface area contributed by atoms with Crippen molar-refractivity contribution in [1.29, 1.82) is 0 Å². The predicted molar refractivity (Wildman–Crippen MR) is 46.3 cm³/mol. The number of nitrogens with zero attached hydrogens (tertiary/aromatic N) is 1. The lowest BCUT2D eigenvalue weighted by Crippen LogP contribution is -2.63. The fourth-order valence-electron chi connectivity index (χ4n) is 2.38. The maximum absolute atomic E-state index is 5.96. The van der Waals surface area contributed by atoms with Gasteiger partial charge in [0.1, 0.15) is 0 Å². The van der Waals surface area contributed by atoms with E-state index in [2.05, 4.69) is 18.7 Å². The molecule has 64 valence electrons. The molecular weight excluding hydrogens is 136 g/mol. The average Bonchev–Trinajstić information content (AvgIpc) is 2.03. The van der Waals surface area contributed by atoms with Crippen LogP contribution in [-0.4, -0.2) is 30.1 Å².